The summed E-state index contributed by atoms with van der Waals surface area (Å²) >= 11 is 1.46. The van der Waals surface area contributed by atoms with Gasteiger partial charge >= 0.3 is 0 Å². The fraction of sp³-hybridized carbons (Fsp3) is 0.500. The van der Waals surface area contributed by atoms with Crippen LogP contribution in [0.2, 0.25) is 0 Å². The molecule has 4 heteroatoms. The summed E-state index contributed by atoms with van der Waals surface area (Å²) in [5.74, 6) is 0.748. The molecule has 1 aliphatic carbocycles. The molecule has 1 amide bonds. The molecule has 0 aliphatic heterocycles. The predicted molar refractivity (Wildman–Crippen MR) is 48.1 cm³/mol. The summed E-state index contributed by atoms with van der Waals surface area (Å²) in [6.07, 6.45) is 4.79. The van der Waals surface area contributed by atoms with Crippen molar-refractivity contribution in [2.75, 3.05) is 5.32 Å². The molecule has 1 aromatic heterocycles. The molecule has 3 nitrogen and oxygen atoms in total. The van der Waals surface area contributed by atoms with Gasteiger partial charge in [0.1, 0.15) is 0 Å². The highest BCUT2D eigenvalue weighted by atomic mass is 32.1. The number of nitrogens with zero attached hydrogens (tertiary/aromatic N) is 1. The van der Waals surface area contributed by atoms with E-state index in [1.165, 1.54) is 24.2 Å². The molecule has 1 heterocycles. The average Bonchev–Trinajstić information content (AvgIpc) is 2.66. The predicted octanol–water partition coefficient (Wildman–Crippen LogP) is 1.88. The zero-order valence-electron chi connectivity index (χ0n) is 6.62. The summed E-state index contributed by atoms with van der Waals surface area (Å²) in [6.45, 7) is 0. The minimum absolute atomic E-state index is 0.104. The van der Waals surface area contributed by atoms with Crippen LogP contribution in [0.4, 0.5) is 5.13 Å². The second-order valence-corrected chi connectivity index (χ2v) is 3.93. The van der Waals surface area contributed by atoms with Crippen molar-refractivity contribution in [2.24, 2.45) is 5.92 Å². The zero-order chi connectivity index (χ0) is 8.39. The molecule has 1 fully saturated rings. The SMILES string of the molecule is O=C(CC1CC1)Nc1nccs1. The standard InChI is InChI=1S/C8H10N2OS/c11-7(5-6-1-2-6)10-8-9-3-4-12-8/h3-4,6H,1-2,5H2,(H,9,10,11). The number of nitrogens with one attached hydrogen (secondary N) is 1. The third-order valence-corrected chi connectivity index (χ3v) is 2.54. The van der Waals surface area contributed by atoms with E-state index in [1.54, 1.807) is 6.20 Å². The van der Waals surface area contributed by atoms with Gasteiger partial charge in [-0.25, -0.2) is 4.98 Å². The fourth-order valence-corrected chi connectivity index (χ4v) is 1.58. The van der Waals surface area contributed by atoms with Crippen LogP contribution in [0.5, 0.6) is 0 Å². The summed E-state index contributed by atoms with van der Waals surface area (Å²) in [4.78, 5) is 15.2. The van der Waals surface area contributed by atoms with Gasteiger partial charge in [0.2, 0.25) is 5.91 Å². The third kappa shape index (κ3) is 2.04. The Hall–Kier alpha value is -0.900. The highest BCUT2D eigenvalue weighted by Crippen LogP contribution is 2.32. The van der Waals surface area contributed by atoms with Crippen molar-refractivity contribution in [1.82, 2.24) is 4.98 Å². The smallest absolute Gasteiger partial charge is 0.226 e. The highest BCUT2D eigenvalue weighted by Gasteiger charge is 2.24. The van der Waals surface area contributed by atoms with E-state index in [-0.39, 0.29) is 5.91 Å². The van der Waals surface area contributed by atoms with Gasteiger partial charge in [0.05, 0.1) is 0 Å². The third-order valence-electron chi connectivity index (χ3n) is 1.85. The first-order chi connectivity index (χ1) is 5.84. The maximum absolute atomic E-state index is 11.2. The van der Waals surface area contributed by atoms with Crippen molar-refractivity contribution in [2.45, 2.75) is 19.3 Å². The maximum Gasteiger partial charge on any atom is 0.226 e. The van der Waals surface area contributed by atoms with Crippen LogP contribution in [-0.4, -0.2) is 10.9 Å². The van der Waals surface area contributed by atoms with E-state index in [0.29, 0.717) is 17.5 Å². The summed E-state index contributed by atoms with van der Waals surface area (Å²) < 4.78 is 0. The van der Waals surface area contributed by atoms with Crippen molar-refractivity contribution in [3.05, 3.63) is 11.6 Å². The van der Waals surface area contributed by atoms with Gasteiger partial charge in [-0.3, -0.25) is 4.79 Å². The number of amides is 1. The number of hydrogen-bond acceptors (Lipinski definition) is 3. The molecule has 1 aromatic rings. The Balaban J connectivity index is 1.82. The summed E-state index contributed by atoms with van der Waals surface area (Å²) in [7, 11) is 0. The zero-order valence-corrected chi connectivity index (χ0v) is 7.43. The van der Waals surface area contributed by atoms with E-state index in [1.807, 2.05) is 5.38 Å². The Kier molecular flexibility index (Phi) is 2.08. The monoisotopic (exact) mass is 182 g/mol. The van der Waals surface area contributed by atoms with Gasteiger partial charge in [0.15, 0.2) is 5.13 Å². The second-order valence-electron chi connectivity index (χ2n) is 3.03. The number of anilines is 1. The molecule has 0 saturated heterocycles. The van der Waals surface area contributed by atoms with Gasteiger partial charge in [-0.15, -0.1) is 11.3 Å². The molecule has 0 atom stereocenters. The Morgan fingerprint density at radius 2 is 2.58 bits per heavy atom. The number of carbonyl (C=O) groups is 1. The lowest BCUT2D eigenvalue weighted by Crippen LogP contribution is -2.11. The summed E-state index contributed by atoms with van der Waals surface area (Å²) in [6, 6.07) is 0. The first-order valence-electron chi connectivity index (χ1n) is 4.04. The lowest BCUT2D eigenvalue weighted by atomic mass is 10.3. The summed E-state index contributed by atoms with van der Waals surface area (Å²) in [5, 5.41) is 5.32. The molecular formula is C8H10N2OS. The van der Waals surface area contributed by atoms with Crippen LogP contribution in [0.3, 0.4) is 0 Å². The van der Waals surface area contributed by atoms with Crippen LogP contribution in [-0.2, 0) is 4.79 Å². The molecule has 1 aliphatic rings. The van der Waals surface area contributed by atoms with Crippen LogP contribution >= 0.6 is 11.3 Å². The first kappa shape index (κ1) is 7.73. The van der Waals surface area contributed by atoms with E-state index in [4.69, 9.17) is 0 Å². The van der Waals surface area contributed by atoms with Crippen molar-refractivity contribution < 1.29 is 4.79 Å². The number of rotatable bonds is 3. The Morgan fingerprint density at radius 3 is 3.17 bits per heavy atom. The Labute approximate surface area is 74.8 Å². The normalized spacial score (nSPS) is 16.0. The van der Waals surface area contributed by atoms with Crippen molar-refractivity contribution in [3.63, 3.8) is 0 Å². The molecular weight excluding hydrogens is 172 g/mol. The minimum atomic E-state index is 0.104. The van der Waals surface area contributed by atoms with E-state index < -0.39 is 0 Å². The van der Waals surface area contributed by atoms with E-state index in [9.17, 15) is 4.79 Å². The van der Waals surface area contributed by atoms with Crippen LogP contribution in [0.1, 0.15) is 19.3 Å². The Bertz CT molecular complexity index is 267. The van der Waals surface area contributed by atoms with Crippen molar-refractivity contribution in [3.8, 4) is 0 Å². The van der Waals surface area contributed by atoms with Crippen molar-refractivity contribution in [1.29, 1.82) is 0 Å². The number of thiazole rings is 1. The molecule has 0 bridgehead atoms. The largest absolute Gasteiger partial charge is 0.302 e. The fourth-order valence-electron chi connectivity index (χ4n) is 1.04. The van der Waals surface area contributed by atoms with Crippen LogP contribution < -0.4 is 5.32 Å². The first-order valence-corrected chi connectivity index (χ1v) is 4.92. The van der Waals surface area contributed by atoms with Crippen LogP contribution in [0.15, 0.2) is 11.6 Å². The molecule has 0 spiro atoms. The van der Waals surface area contributed by atoms with Gasteiger partial charge in [0, 0.05) is 18.0 Å². The molecule has 0 aromatic carbocycles. The van der Waals surface area contributed by atoms with E-state index >= 15 is 0 Å². The second kappa shape index (κ2) is 3.23. The van der Waals surface area contributed by atoms with Gasteiger partial charge in [-0.05, 0) is 18.8 Å². The highest BCUT2D eigenvalue weighted by molar-refractivity contribution is 7.13. The number of carbonyl (C=O) groups excluding carboxylic acids is 1. The molecule has 2 rings (SSSR count). The number of hydrogen-bond donors (Lipinski definition) is 1. The maximum atomic E-state index is 11.2. The Morgan fingerprint density at radius 1 is 1.75 bits per heavy atom. The van der Waals surface area contributed by atoms with Crippen molar-refractivity contribution >= 4 is 22.4 Å². The van der Waals surface area contributed by atoms with E-state index in [0.717, 1.165) is 0 Å². The molecule has 1 saturated carbocycles. The van der Waals surface area contributed by atoms with E-state index in [2.05, 4.69) is 10.3 Å². The molecule has 0 unspecified atom stereocenters. The minimum Gasteiger partial charge on any atom is -0.302 e. The lowest BCUT2D eigenvalue weighted by Gasteiger charge is -1.98. The summed E-state index contributed by atoms with van der Waals surface area (Å²) in [5.41, 5.74) is 0. The molecule has 64 valence electrons. The average molecular weight is 182 g/mol. The van der Waals surface area contributed by atoms with Crippen LogP contribution in [0.25, 0.3) is 0 Å². The molecule has 12 heavy (non-hydrogen) atoms. The molecule has 0 radical (unpaired) electrons. The number of aromatic nitrogens is 1. The van der Waals surface area contributed by atoms with Gasteiger partial charge in [0.25, 0.3) is 0 Å². The van der Waals surface area contributed by atoms with Crippen LogP contribution in [0, 0.1) is 5.92 Å². The van der Waals surface area contributed by atoms with Gasteiger partial charge < -0.3 is 5.32 Å². The van der Waals surface area contributed by atoms with Gasteiger partial charge in [-0.2, -0.15) is 0 Å². The molecule has 1 N–H and O–H groups in total. The lowest BCUT2D eigenvalue weighted by molar-refractivity contribution is -0.116. The quantitative estimate of drug-likeness (QED) is 0.775. The van der Waals surface area contributed by atoms with Gasteiger partial charge in [-0.1, -0.05) is 0 Å². The topological polar surface area (TPSA) is 42.0 Å².